The van der Waals surface area contributed by atoms with Gasteiger partial charge in [0.25, 0.3) is 0 Å². The molecule has 1 unspecified atom stereocenters. The van der Waals surface area contributed by atoms with Crippen molar-refractivity contribution in [1.82, 2.24) is 15.3 Å². The molecule has 1 atom stereocenters. The van der Waals surface area contributed by atoms with Gasteiger partial charge in [0, 0.05) is 13.1 Å². The van der Waals surface area contributed by atoms with Crippen LogP contribution in [0.25, 0.3) is 0 Å². The van der Waals surface area contributed by atoms with Gasteiger partial charge in [-0.3, -0.25) is 4.79 Å². The van der Waals surface area contributed by atoms with Gasteiger partial charge in [0.15, 0.2) is 0 Å². The zero-order chi connectivity index (χ0) is 13.8. The molecular weight excluding hydrogens is 314 g/mol. The average Bonchev–Trinajstić information content (AvgIpc) is 2.42. The zero-order valence-corrected chi connectivity index (χ0v) is 12.2. The Labute approximate surface area is 119 Å². The van der Waals surface area contributed by atoms with Gasteiger partial charge in [0.05, 0.1) is 13.2 Å². The first-order valence-corrected chi connectivity index (χ1v) is 6.82. The number of ether oxygens (including phenoxy) is 1. The maximum Gasteiger partial charge on any atom is 0.245 e. The standard InChI is InChI=1S/C11H16BrN5O2/c1-2-14-11(18)7-5-19-4-3-17(7)10-8(12)9(13)15-6-16-10/h6-7H,2-5H2,1H3,(H,14,18)(H2,13,15,16). The number of morpholine rings is 1. The Morgan fingerprint density at radius 3 is 3.21 bits per heavy atom. The number of carbonyl (C=O) groups is 1. The summed E-state index contributed by atoms with van der Waals surface area (Å²) in [5.41, 5.74) is 5.75. The monoisotopic (exact) mass is 329 g/mol. The lowest BCUT2D eigenvalue weighted by Crippen LogP contribution is -2.54. The van der Waals surface area contributed by atoms with Crippen molar-refractivity contribution in [1.29, 1.82) is 0 Å². The van der Waals surface area contributed by atoms with Crippen LogP contribution in [-0.2, 0) is 9.53 Å². The van der Waals surface area contributed by atoms with E-state index in [4.69, 9.17) is 10.5 Å². The van der Waals surface area contributed by atoms with Gasteiger partial charge in [0.2, 0.25) is 5.91 Å². The van der Waals surface area contributed by atoms with Crippen molar-refractivity contribution in [2.75, 3.05) is 36.9 Å². The number of rotatable bonds is 3. The first-order chi connectivity index (χ1) is 9.15. The summed E-state index contributed by atoms with van der Waals surface area (Å²) in [5.74, 6) is 0.893. The highest BCUT2D eigenvalue weighted by Gasteiger charge is 2.31. The topological polar surface area (TPSA) is 93.4 Å². The van der Waals surface area contributed by atoms with Gasteiger partial charge in [-0.2, -0.15) is 0 Å². The first kappa shape index (κ1) is 14.0. The highest BCUT2D eigenvalue weighted by Crippen LogP contribution is 2.29. The summed E-state index contributed by atoms with van der Waals surface area (Å²) < 4.78 is 5.98. The Balaban J connectivity index is 2.29. The van der Waals surface area contributed by atoms with Crippen molar-refractivity contribution in [3.63, 3.8) is 0 Å². The molecule has 19 heavy (non-hydrogen) atoms. The number of halogens is 1. The third-order valence-electron chi connectivity index (χ3n) is 2.85. The van der Waals surface area contributed by atoms with Crippen LogP contribution in [0.1, 0.15) is 6.92 Å². The van der Waals surface area contributed by atoms with Crippen molar-refractivity contribution in [2.45, 2.75) is 13.0 Å². The Bertz CT molecular complexity index is 470. The van der Waals surface area contributed by atoms with Crippen LogP contribution in [0.4, 0.5) is 11.6 Å². The number of aromatic nitrogens is 2. The summed E-state index contributed by atoms with van der Waals surface area (Å²) in [6.07, 6.45) is 1.39. The predicted octanol–water partition coefficient (Wildman–Crippen LogP) is 0.163. The highest BCUT2D eigenvalue weighted by atomic mass is 79.9. The number of amides is 1. The lowest BCUT2D eigenvalue weighted by Gasteiger charge is -2.35. The molecule has 0 aromatic carbocycles. The second-order valence-corrected chi connectivity index (χ2v) is 4.87. The molecule has 0 bridgehead atoms. The van der Waals surface area contributed by atoms with Crippen molar-refractivity contribution >= 4 is 33.5 Å². The largest absolute Gasteiger partial charge is 0.383 e. The maximum atomic E-state index is 12.1. The third kappa shape index (κ3) is 2.95. The molecule has 3 N–H and O–H groups in total. The van der Waals surface area contributed by atoms with Crippen LogP contribution in [0, 0.1) is 0 Å². The van der Waals surface area contributed by atoms with Gasteiger partial charge in [-0.05, 0) is 22.9 Å². The van der Waals surface area contributed by atoms with E-state index < -0.39 is 6.04 Å². The predicted molar refractivity (Wildman–Crippen MR) is 74.8 cm³/mol. The third-order valence-corrected chi connectivity index (χ3v) is 3.61. The fourth-order valence-electron chi connectivity index (χ4n) is 1.94. The summed E-state index contributed by atoms with van der Waals surface area (Å²) in [6.45, 7) is 3.92. The van der Waals surface area contributed by atoms with Crippen LogP contribution in [-0.4, -0.2) is 48.2 Å². The molecule has 1 fully saturated rings. The number of hydrogen-bond donors (Lipinski definition) is 2. The molecule has 2 heterocycles. The molecule has 1 amide bonds. The van der Waals surface area contributed by atoms with E-state index in [2.05, 4.69) is 31.2 Å². The lowest BCUT2D eigenvalue weighted by molar-refractivity contribution is -0.124. The van der Waals surface area contributed by atoms with E-state index in [1.165, 1.54) is 6.33 Å². The van der Waals surface area contributed by atoms with Gasteiger partial charge in [-0.25, -0.2) is 9.97 Å². The Hall–Kier alpha value is -1.41. The van der Waals surface area contributed by atoms with E-state index in [-0.39, 0.29) is 5.91 Å². The minimum Gasteiger partial charge on any atom is -0.383 e. The minimum absolute atomic E-state index is 0.0775. The van der Waals surface area contributed by atoms with E-state index in [1.807, 2.05) is 11.8 Å². The molecule has 1 aromatic rings. The number of likely N-dealkylation sites (N-methyl/N-ethyl adjacent to an activating group) is 1. The van der Waals surface area contributed by atoms with Crippen LogP contribution in [0.2, 0.25) is 0 Å². The van der Waals surface area contributed by atoms with E-state index >= 15 is 0 Å². The Morgan fingerprint density at radius 1 is 1.68 bits per heavy atom. The molecule has 1 saturated heterocycles. The van der Waals surface area contributed by atoms with Gasteiger partial charge < -0.3 is 20.7 Å². The van der Waals surface area contributed by atoms with Gasteiger partial charge in [-0.15, -0.1) is 0 Å². The van der Waals surface area contributed by atoms with E-state index in [9.17, 15) is 4.79 Å². The van der Waals surface area contributed by atoms with Crippen molar-refractivity contribution in [3.8, 4) is 0 Å². The Kier molecular flexibility index (Phi) is 4.54. The fraction of sp³-hybridized carbons (Fsp3) is 0.545. The molecule has 1 aliphatic heterocycles. The summed E-state index contributed by atoms with van der Waals surface area (Å²) in [4.78, 5) is 22.1. The molecule has 0 spiro atoms. The van der Waals surface area contributed by atoms with Crippen LogP contribution >= 0.6 is 15.9 Å². The van der Waals surface area contributed by atoms with E-state index in [0.29, 0.717) is 42.4 Å². The fourth-order valence-corrected chi connectivity index (χ4v) is 2.37. The molecule has 0 radical (unpaired) electrons. The SMILES string of the molecule is CCNC(=O)C1COCCN1c1ncnc(N)c1Br. The van der Waals surface area contributed by atoms with Crippen molar-refractivity contribution in [2.24, 2.45) is 0 Å². The first-order valence-electron chi connectivity index (χ1n) is 6.03. The number of nitrogens with zero attached hydrogens (tertiary/aromatic N) is 3. The number of nitrogens with one attached hydrogen (secondary N) is 1. The van der Waals surface area contributed by atoms with Crippen molar-refractivity contribution in [3.05, 3.63) is 10.8 Å². The normalized spacial score (nSPS) is 19.3. The lowest BCUT2D eigenvalue weighted by atomic mass is 10.2. The molecule has 7 nitrogen and oxygen atoms in total. The molecule has 8 heteroatoms. The smallest absolute Gasteiger partial charge is 0.245 e. The van der Waals surface area contributed by atoms with Gasteiger partial charge in [0.1, 0.15) is 28.5 Å². The Morgan fingerprint density at radius 2 is 2.47 bits per heavy atom. The van der Waals surface area contributed by atoms with Crippen LogP contribution in [0.15, 0.2) is 10.8 Å². The van der Waals surface area contributed by atoms with Gasteiger partial charge >= 0.3 is 0 Å². The van der Waals surface area contributed by atoms with E-state index in [1.54, 1.807) is 0 Å². The quantitative estimate of drug-likeness (QED) is 0.820. The highest BCUT2D eigenvalue weighted by molar-refractivity contribution is 9.10. The van der Waals surface area contributed by atoms with Crippen LogP contribution in [0.5, 0.6) is 0 Å². The second-order valence-electron chi connectivity index (χ2n) is 4.08. The number of nitrogen functional groups attached to an aromatic ring is 1. The van der Waals surface area contributed by atoms with Crippen LogP contribution < -0.4 is 16.0 Å². The number of nitrogens with two attached hydrogens (primary N) is 1. The maximum absolute atomic E-state index is 12.1. The molecule has 1 aromatic heterocycles. The van der Waals surface area contributed by atoms with Gasteiger partial charge in [-0.1, -0.05) is 0 Å². The molecule has 0 aliphatic carbocycles. The second kappa shape index (κ2) is 6.16. The molecule has 2 rings (SSSR count). The summed E-state index contributed by atoms with van der Waals surface area (Å²) in [6, 6.07) is -0.403. The summed E-state index contributed by atoms with van der Waals surface area (Å²) in [7, 11) is 0. The van der Waals surface area contributed by atoms with E-state index in [0.717, 1.165) is 0 Å². The number of hydrogen-bond acceptors (Lipinski definition) is 6. The van der Waals surface area contributed by atoms with Crippen LogP contribution in [0.3, 0.4) is 0 Å². The van der Waals surface area contributed by atoms with Crippen molar-refractivity contribution < 1.29 is 9.53 Å². The summed E-state index contributed by atoms with van der Waals surface area (Å²) in [5, 5.41) is 2.80. The molecule has 1 aliphatic rings. The summed E-state index contributed by atoms with van der Waals surface area (Å²) >= 11 is 3.37. The molecule has 104 valence electrons. The molecule has 0 saturated carbocycles. The number of carbonyl (C=O) groups excluding carboxylic acids is 1. The minimum atomic E-state index is -0.403. The average molecular weight is 330 g/mol. The zero-order valence-electron chi connectivity index (χ0n) is 10.6. The number of anilines is 2. The molecular formula is C11H16BrN5O2.